The first kappa shape index (κ1) is 17.0. The second-order valence-electron chi connectivity index (χ2n) is 5.33. The Morgan fingerprint density at radius 2 is 1.88 bits per heavy atom. The zero-order chi connectivity index (χ0) is 18.0. The Balaban J connectivity index is 1.92. The van der Waals surface area contributed by atoms with Gasteiger partial charge in [-0.15, -0.1) is 0 Å². The maximum Gasteiger partial charge on any atom is 0.363 e. The lowest BCUT2D eigenvalue weighted by Crippen LogP contribution is -2.07. The summed E-state index contributed by atoms with van der Waals surface area (Å²) in [5.41, 5.74) is 0.904. The fraction of sp³-hybridized carbons (Fsp3) is 0.235. The smallest absolute Gasteiger partial charge is 0.363 e. The second kappa shape index (κ2) is 6.94. The van der Waals surface area contributed by atoms with Crippen LogP contribution in [0.2, 0.25) is 0 Å². The van der Waals surface area contributed by atoms with Crippen LogP contribution >= 0.6 is 11.3 Å². The molecule has 7 nitrogen and oxygen atoms in total. The minimum atomic E-state index is -0.507. The summed E-state index contributed by atoms with van der Waals surface area (Å²) in [5.74, 6) is 0.917. The van der Waals surface area contributed by atoms with Gasteiger partial charge in [-0.25, -0.2) is 9.79 Å². The zero-order valence-corrected chi connectivity index (χ0v) is 15.1. The molecule has 0 aliphatic carbocycles. The Hall–Kier alpha value is -2.87. The average Bonchev–Trinajstić information content (AvgIpc) is 3.19. The van der Waals surface area contributed by atoms with Gasteiger partial charge in [0.15, 0.2) is 10.8 Å². The topological polar surface area (TPSA) is 73.3 Å². The lowest BCUT2D eigenvalue weighted by atomic mass is 10.2. The lowest BCUT2D eigenvalue weighted by molar-refractivity contribution is -0.129. The van der Waals surface area contributed by atoms with Gasteiger partial charge < -0.3 is 19.1 Å². The number of nitrogens with zero attached hydrogens (tertiary/aromatic N) is 3. The fourth-order valence-corrected chi connectivity index (χ4v) is 3.02. The molecular formula is C17H17N3O4S. The number of esters is 1. The van der Waals surface area contributed by atoms with Crippen LogP contribution in [0.5, 0.6) is 11.6 Å². The Labute approximate surface area is 149 Å². The standard InChI is InChI=1S/C17H17N3O4S/c1-20(2)17-19-15(23-4)13(25-17)9-12-16(21)24-14(18-12)10-5-7-11(22-3)8-6-10/h5-9H,1-4H3/b12-9-. The van der Waals surface area contributed by atoms with Crippen molar-refractivity contribution in [3.8, 4) is 11.6 Å². The van der Waals surface area contributed by atoms with Crippen LogP contribution in [0.1, 0.15) is 10.4 Å². The Morgan fingerprint density at radius 1 is 1.16 bits per heavy atom. The molecule has 8 heteroatoms. The minimum Gasteiger partial charge on any atom is -0.497 e. The van der Waals surface area contributed by atoms with E-state index >= 15 is 0 Å². The van der Waals surface area contributed by atoms with Crippen molar-refractivity contribution >= 4 is 34.4 Å². The summed E-state index contributed by atoms with van der Waals surface area (Å²) in [7, 11) is 6.90. The van der Waals surface area contributed by atoms with Crippen LogP contribution in [-0.2, 0) is 9.53 Å². The molecule has 2 heterocycles. The first-order valence-electron chi connectivity index (χ1n) is 7.41. The van der Waals surface area contributed by atoms with E-state index in [9.17, 15) is 4.79 Å². The van der Waals surface area contributed by atoms with Crippen LogP contribution in [0.4, 0.5) is 5.13 Å². The third kappa shape index (κ3) is 3.48. The van der Waals surface area contributed by atoms with E-state index in [-0.39, 0.29) is 11.6 Å². The highest BCUT2D eigenvalue weighted by molar-refractivity contribution is 7.16. The van der Waals surface area contributed by atoms with Gasteiger partial charge in [0, 0.05) is 19.7 Å². The fourth-order valence-electron chi connectivity index (χ4n) is 2.13. The van der Waals surface area contributed by atoms with Crippen molar-refractivity contribution in [2.75, 3.05) is 33.2 Å². The van der Waals surface area contributed by atoms with Crippen LogP contribution in [0, 0.1) is 0 Å². The molecule has 2 aromatic rings. The zero-order valence-electron chi connectivity index (χ0n) is 14.3. The number of cyclic esters (lactones) is 1. The molecule has 1 aliphatic heterocycles. The molecule has 0 saturated heterocycles. The van der Waals surface area contributed by atoms with Gasteiger partial charge in [-0.3, -0.25) is 0 Å². The summed E-state index contributed by atoms with van der Waals surface area (Å²) in [4.78, 5) is 23.4. The molecule has 1 aromatic heterocycles. The summed E-state index contributed by atoms with van der Waals surface area (Å²) in [6, 6.07) is 7.13. The van der Waals surface area contributed by atoms with Gasteiger partial charge in [-0.1, -0.05) is 11.3 Å². The SMILES string of the molecule is COc1ccc(C2=N/C(=C\c3sc(N(C)C)nc3OC)C(=O)O2)cc1. The molecular weight excluding hydrogens is 342 g/mol. The Kier molecular flexibility index (Phi) is 4.71. The van der Waals surface area contributed by atoms with Crippen molar-refractivity contribution < 1.29 is 19.0 Å². The number of ether oxygens (including phenoxy) is 3. The molecule has 0 bridgehead atoms. The molecule has 25 heavy (non-hydrogen) atoms. The van der Waals surface area contributed by atoms with Gasteiger partial charge in [-0.2, -0.15) is 4.98 Å². The molecule has 1 aliphatic rings. The molecule has 0 radical (unpaired) electrons. The van der Waals surface area contributed by atoms with Crippen LogP contribution in [0.25, 0.3) is 6.08 Å². The number of hydrogen-bond donors (Lipinski definition) is 0. The number of methoxy groups -OCH3 is 2. The minimum absolute atomic E-state index is 0.207. The summed E-state index contributed by atoms with van der Waals surface area (Å²) in [6.45, 7) is 0. The van der Waals surface area contributed by atoms with Gasteiger partial charge in [0.2, 0.25) is 11.8 Å². The molecule has 0 spiro atoms. The van der Waals surface area contributed by atoms with Crippen molar-refractivity contribution in [1.29, 1.82) is 0 Å². The molecule has 130 valence electrons. The van der Waals surface area contributed by atoms with Crippen LogP contribution in [0.3, 0.4) is 0 Å². The maximum absolute atomic E-state index is 12.1. The monoisotopic (exact) mass is 359 g/mol. The highest BCUT2D eigenvalue weighted by Crippen LogP contribution is 2.33. The highest BCUT2D eigenvalue weighted by Gasteiger charge is 2.25. The first-order valence-corrected chi connectivity index (χ1v) is 8.22. The van der Waals surface area contributed by atoms with Crippen molar-refractivity contribution in [3.05, 3.63) is 40.4 Å². The van der Waals surface area contributed by atoms with E-state index in [0.29, 0.717) is 16.3 Å². The van der Waals surface area contributed by atoms with Crippen LogP contribution in [-0.4, -0.2) is 45.2 Å². The number of hydrogen-bond acceptors (Lipinski definition) is 8. The molecule has 0 unspecified atom stereocenters. The predicted octanol–water partition coefficient (Wildman–Crippen LogP) is 2.57. The normalized spacial score (nSPS) is 15.1. The first-order chi connectivity index (χ1) is 12.0. The maximum atomic E-state index is 12.1. The van der Waals surface area contributed by atoms with Gasteiger partial charge >= 0.3 is 5.97 Å². The molecule has 3 rings (SSSR count). The lowest BCUT2D eigenvalue weighted by Gasteiger charge is -2.04. The summed E-state index contributed by atoms with van der Waals surface area (Å²) >= 11 is 1.40. The summed E-state index contributed by atoms with van der Waals surface area (Å²) in [6.07, 6.45) is 1.63. The number of anilines is 1. The third-order valence-electron chi connectivity index (χ3n) is 3.41. The van der Waals surface area contributed by atoms with Crippen molar-refractivity contribution in [2.45, 2.75) is 0 Å². The number of carbonyl (C=O) groups excluding carboxylic acids is 1. The Morgan fingerprint density at radius 3 is 2.48 bits per heavy atom. The van der Waals surface area contributed by atoms with Crippen molar-refractivity contribution in [2.24, 2.45) is 4.99 Å². The van der Waals surface area contributed by atoms with E-state index in [1.165, 1.54) is 18.4 Å². The molecule has 1 aromatic carbocycles. The van der Waals surface area contributed by atoms with Crippen LogP contribution in [0.15, 0.2) is 35.0 Å². The summed E-state index contributed by atoms with van der Waals surface area (Å²) < 4.78 is 15.7. The summed E-state index contributed by atoms with van der Waals surface area (Å²) in [5, 5.41) is 0.773. The van der Waals surface area contributed by atoms with Gasteiger partial charge in [0.1, 0.15) is 5.75 Å². The number of aromatic nitrogens is 1. The Bertz CT molecular complexity index is 853. The van der Waals surface area contributed by atoms with Gasteiger partial charge in [-0.05, 0) is 30.3 Å². The quantitative estimate of drug-likeness (QED) is 0.603. The predicted molar refractivity (Wildman–Crippen MR) is 96.6 cm³/mol. The molecule has 0 N–H and O–H groups in total. The largest absolute Gasteiger partial charge is 0.497 e. The van der Waals surface area contributed by atoms with Gasteiger partial charge in [0.25, 0.3) is 0 Å². The van der Waals surface area contributed by atoms with E-state index in [4.69, 9.17) is 14.2 Å². The van der Waals surface area contributed by atoms with E-state index in [0.717, 1.165) is 10.9 Å². The number of carbonyl (C=O) groups is 1. The number of aliphatic imine (C=N–C) groups is 1. The van der Waals surface area contributed by atoms with Crippen molar-refractivity contribution in [1.82, 2.24) is 4.98 Å². The van der Waals surface area contributed by atoms with Gasteiger partial charge in [0.05, 0.1) is 19.1 Å². The van der Waals surface area contributed by atoms with E-state index in [2.05, 4.69) is 9.98 Å². The number of benzene rings is 1. The molecule has 0 fully saturated rings. The van der Waals surface area contributed by atoms with E-state index in [1.54, 1.807) is 37.5 Å². The third-order valence-corrected chi connectivity index (χ3v) is 4.56. The van der Waals surface area contributed by atoms with E-state index < -0.39 is 5.97 Å². The number of thiazole rings is 1. The second-order valence-corrected chi connectivity index (χ2v) is 6.34. The van der Waals surface area contributed by atoms with E-state index in [1.807, 2.05) is 19.0 Å². The molecule has 0 saturated carbocycles. The number of rotatable bonds is 5. The molecule has 0 atom stereocenters. The van der Waals surface area contributed by atoms with Crippen LogP contribution < -0.4 is 14.4 Å². The molecule has 0 amide bonds. The average molecular weight is 359 g/mol. The highest BCUT2D eigenvalue weighted by atomic mass is 32.1. The van der Waals surface area contributed by atoms with Crippen molar-refractivity contribution in [3.63, 3.8) is 0 Å².